The summed E-state index contributed by atoms with van der Waals surface area (Å²) in [7, 11) is 0. The third-order valence-corrected chi connectivity index (χ3v) is 3.47. The molecule has 23 heavy (non-hydrogen) atoms. The largest absolute Gasteiger partial charge is 0.493 e. The number of rotatable bonds is 4. The van der Waals surface area contributed by atoms with E-state index in [0.717, 1.165) is 22.2 Å². The van der Waals surface area contributed by atoms with E-state index in [4.69, 9.17) is 0 Å². The fraction of sp³-hybridized carbons (Fsp3) is 0.118. The molecule has 3 N–H and O–H groups in total. The van der Waals surface area contributed by atoms with Crippen LogP contribution < -0.4 is 5.32 Å². The average Bonchev–Trinajstić information content (AvgIpc) is 2.89. The van der Waals surface area contributed by atoms with Crippen molar-refractivity contribution in [2.75, 3.05) is 11.9 Å². The van der Waals surface area contributed by atoms with Gasteiger partial charge in [0.25, 0.3) is 5.91 Å². The maximum Gasteiger partial charge on any atom is 0.283 e. The monoisotopic (exact) mass is 308 g/mol. The third-order valence-electron chi connectivity index (χ3n) is 3.47. The van der Waals surface area contributed by atoms with Gasteiger partial charge in [0, 0.05) is 11.1 Å². The summed E-state index contributed by atoms with van der Waals surface area (Å²) in [5.74, 6) is -0.517. The lowest BCUT2D eigenvalue weighted by atomic mass is 10.1. The Hall–Kier alpha value is -3.15. The highest BCUT2D eigenvalue weighted by Crippen LogP contribution is 2.36. The first kappa shape index (κ1) is 14.8. The molecule has 1 amide bonds. The standard InChI is InChI=1S/C17H16N4O2/c1-11-6-5-9-13-15(11)19-17(23)16(13)21-20-14(22)10-18-12-7-3-2-4-8-12/h2-9,18-19,23H,10H2,1H3. The van der Waals surface area contributed by atoms with Crippen LogP contribution in [-0.2, 0) is 4.79 Å². The van der Waals surface area contributed by atoms with Crippen LogP contribution in [0.5, 0.6) is 5.88 Å². The Morgan fingerprint density at radius 1 is 1.17 bits per heavy atom. The highest BCUT2D eigenvalue weighted by Gasteiger charge is 2.12. The van der Waals surface area contributed by atoms with Crippen LogP contribution >= 0.6 is 0 Å². The Kier molecular flexibility index (Phi) is 4.05. The summed E-state index contributed by atoms with van der Waals surface area (Å²) in [5.41, 5.74) is 2.88. The molecule has 0 aliphatic rings. The van der Waals surface area contributed by atoms with Gasteiger partial charge in [-0.2, -0.15) is 0 Å². The van der Waals surface area contributed by atoms with E-state index in [-0.39, 0.29) is 18.1 Å². The van der Waals surface area contributed by atoms with Gasteiger partial charge in [-0.1, -0.05) is 36.4 Å². The molecule has 0 unspecified atom stereocenters. The van der Waals surface area contributed by atoms with Crippen molar-refractivity contribution in [1.82, 2.24) is 4.98 Å². The van der Waals surface area contributed by atoms with Crippen LogP contribution in [0.1, 0.15) is 5.56 Å². The van der Waals surface area contributed by atoms with Crippen LogP contribution in [0.25, 0.3) is 10.9 Å². The SMILES string of the molecule is Cc1cccc2c(N=NC(=O)CNc3ccccc3)c(O)[nH]c12. The third kappa shape index (κ3) is 3.21. The van der Waals surface area contributed by atoms with Gasteiger partial charge in [-0.3, -0.25) is 4.79 Å². The minimum atomic E-state index is -0.421. The molecule has 0 aliphatic heterocycles. The molecule has 0 radical (unpaired) electrons. The second-order valence-corrected chi connectivity index (χ2v) is 5.13. The first-order valence-corrected chi connectivity index (χ1v) is 7.19. The Bertz CT molecular complexity index is 869. The normalized spacial score (nSPS) is 11.2. The van der Waals surface area contributed by atoms with Crippen molar-refractivity contribution in [3.8, 4) is 5.88 Å². The van der Waals surface area contributed by atoms with Crippen molar-refractivity contribution in [1.29, 1.82) is 0 Å². The summed E-state index contributed by atoms with van der Waals surface area (Å²) in [4.78, 5) is 14.7. The number of aromatic nitrogens is 1. The highest BCUT2D eigenvalue weighted by molar-refractivity contribution is 5.96. The number of hydrogen-bond donors (Lipinski definition) is 3. The Morgan fingerprint density at radius 2 is 1.96 bits per heavy atom. The molecule has 0 saturated heterocycles. The molecular formula is C17H16N4O2. The van der Waals surface area contributed by atoms with Crippen LogP contribution in [0.15, 0.2) is 58.8 Å². The highest BCUT2D eigenvalue weighted by atomic mass is 16.3. The fourth-order valence-corrected chi connectivity index (χ4v) is 2.31. The lowest BCUT2D eigenvalue weighted by molar-refractivity contribution is -0.116. The predicted octanol–water partition coefficient (Wildman–Crippen LogP) is 3.90. The molecule has 0 aliphatic carbocycles. The van der Waals surface area contributed by atoms with Crippen LogP contribution in [0, 0.1) is 6.92 Å². The van der Waals surface area contributed by atoms with Gasteiger partial charge in [0.05, 0.1) is 12.1 Å². The number of aromatic amines is 1. The number of fused-ring (bicyclic) bond motifs is 1. The molecule has 0 spiro atoms. The van der Waals surface area contributed by atoms with Gasteiger partial charge in [-0.25, -0.2) is 0 Å². The molecule has 3 rings (SSSR count). The van der Waals surface area contributed by atoms with E-state index in [0.29, 0.717) is 0 Å². The summed E-state index contributed by atoms with van der Waals surface area (Å²) >= 11 is 0. The number of azo groups is 1. The smallest absolute Gasteiger partial charge is 0.283 e. The van der Waals surface area contributed by atoms with E-state index in [2.05, 4.69) is 20.5 Å². The van der Waals surface area contributed by atoms with Crippen molar-refractivity contribution < 1.29 is 9.90 Å². The fourth-order valence-electron chi connectivity index (χ4n) is 2.31. The Balaban J connectivity index is 1.74. The van der Waals surface area contributed by atoms with Gasteiger partial charge < -0.3 is 15.4 Å². The summed E-state index contributed by atoms with van der Waals surface area (Å²) < 4.78 is 0. The number of amides is 1. The van der Waals surface area contributed by atoms with Crippen molar-refractivity contribution in [3.63, 3.8) is 0 Å². The molecular weight excluding hydrogens is 292 g/mol. The molecule has 3 aromatic rings. The second kappa shape index (κ2) is 6.31. The first-order chi connectivity index (χ1) is 11.1. The number of anilines is 1. The van der Waals surface area contributed by atoms with Crippen LogP contribution in [0.3, 0.4) is 0 Å². The van der Waals surface area contributed by atoms with Gasteiger partial charge >= 0.3 is 0 Å². The maximum absolute atomic E-state index is 11.8. The van der Waals surface area contributed by atoms with E-state index in [1.54, 1.807) is 0 Å². The number of H-pyrrole nitrogens is 1. The summed E-state index contributed by atoms with van der Waals surface area (Å²) in [5, 5.41) is 21.2. The lowest BCUT2D eigenvalue weighted by Crippen LogP contribution is -2.10. The zero-order valence-electron chi connectivity index (χ0n) is 12.6. The first-order valence-electron chi connectivity index (χ1n) is 7.19. The summed E-state index contributed by atoms with van der Waals surface area (Å²) in [6.07, 6.45) is 0. The minimum Gasteiger partial charge on any atom is -0.493 e. The van der Waals surface area contributed by atoms with E-state index in [9.17, 15) is 9.90 Å². The van der Waals surface area contributed by atoms with Crippen molar-refractivity contribution in [2.45, 2.75) is 6.92 Å². The van der Waals surface area contributed by atoms with Crippen molar-refractivity contribution in [3.05, 3.63) is 54.1 Å². The average molecular weight is 308 g/mol. The molecule has 0 fully saturated rings. The number of nitrogens with one attached hydrogen (secondary N) is 2. The van der Waals surface area contributed by atoms with Crippen molar-refractivity contribution >= 4 is 28.2 Å². The summed E-state index contributed by atoms with van der Waals surface area (Å²) in [6.45, 7) is 1.96. The minimum absolute atomic E-state index is 0.0374. The maximum atomic E-state index is 11.8. The molecule has 116 valence electrons. The number of carbonyl (C=O) groups excluding carboxylic acids is 1. The van der Waals surface area contributed by atoms with Crippen LogP contribution in [0.4, 0.5) is 11.4 Å². The number of carbonyl (C=O) groups is 1. The molecule has 2 aromatic carbocycles. The van der Waals surface area contributed by atoms with E-state index in [1.807, 2.05) is 55.5 Å². The molecule has 6 heteroatoms. The van der Waals surface area contributed by atoms with Gasteiger partial charge in [-0.05, 0) is 24.6 Å². The zero-order valence-corrected chi connectivity index (χ0v) is 12.6. The van der Waals surface area contributed by atoms with E-state index in [1.165, 1.54) is 0 Å². The molecule has 1 aromatic heterocycles. The number of aryl methyl sites for hydroxylation is 1. The molecule has 6 nitrogen and oxygen atoms in total. The van der Waals surface area contributed by atoms with E-state index < -0.39 is 5.91 Å². The zero-order chi connectivity index (χ0) is 16.2. The molecule has 0 atom stereocenters. The van der Waals surface area contributed by atoms with Gasteiger partial charge in [0.1, 0.15) is 0 Å². The quantitative estimate of drug-likeness (QED) is 0.638. The van der Waals surface area contributed by atoms with Gasteiger partial charge in [-0.15, -0.1) is 10.2 Å². The van der Waals surface area contributed by atoms with Crippen LogP contribution in [-0.4, -0.2) is 22.5 Å². The van der Waals surface area contributed by atoms with Crippen LogP contribution in [0.2, 0.25) is 0 Å². The number of nitrogens with zero attached hydrogens (tertiary/aromatic N) is 2. The van der Waals surface area contributed by atoms with Gasteiger partial charge in [0.15, 0.2) is 5.69 Å². The lowest BCUT2D eigenvalue weighted by Gasteiger charge is -2.01. The summed E-state index contributed by atoms with van der Waals surface area (Å²) in [6, 6.07) is 15.0. The molecule has 0 bridgehead atoms. The topological polar surface area (TPSA) is 89.8 Å². The Labute approximate surface area is 132 Å². The Morgan fingerprint density at radius 3 is 2.74 bits per heavy atom. The number of hydrogen-bond acceptors (Lipinski definition) is 4. The molecule has 0 saturated carbocycles. The second-order valence-electron chi connectivity index (χ2n) is 5.13. The number of aromatic hydroxyl groups is 1. The van der Waals surface area contributed by atoms with Crippen molar-refractivity contribution in [2.24, 2.45) is 10.2 Å². The number of para-hydroxylation sites is 2. The van der Waals surface area contributed by atoms with E-state index >= 15 is 0 Å². The molecule has 1 heterocycles. The number of benzene rings is 2. The van der Waals surface area contributed by atoms with Gasteiger partial charge in [0.2, 0.25) is 5.88 Å². The predicted molar refractivity (Wildman–Crippen MR) is 89.2 cm³/mol.